The Morgan fingerprint density at radius 1 is 0.857 bits per heavy atom. The van der Waals surface area contributed by atoms with Gasteiger partial charge in [-0.3, -0.25) is 0 Å². The second-order valence-corrected chi connectivity index (χ2v) is 6.58. The van der Waals surface area contributed by atoms with Gasteiger partial charge < -0.3 is 5.73 Å². The quantitative estimate of drug-likeness (QED) is 0.742. The first-order valence-electron chi connectivity index (χ1n) is 7.22. The molecule has 3 rings (SSSR count). The Morgan fingerprint density at radius 2 is 1.52 bits per heavy atom. The van der Waals surface area contributed by atoms with Crippen molar-refractivity contribution >= 4 is 22.5 Å². The van der Waals surface area contributed by atoms with E-state index in [0.717, 1.165) is 6.42 Å². The van der Waals surface area contributed by atoms with Crippen LogP contribution in [0.15, 0.2) is 76.5 Å². The molecular weight excluding hydrogens is 274 g/mol. The van der Waals surface area contributed by atoms with Crippen LogP contribution < -0.4 is 5.73 Å². The van der Waals surface area contributed by atoms with Gasteiger partial charge in [0.1, 0.15) is 0 Å². The van der Waals surface area contributed by atoms with Crippen molar-refractivity contribution in [3.8, 4) is 0 Å². The lowest BCUT2D eigenvalue weighted by Gasteiger charge is -2.07. The smallest absolute Gasteiger partial charge is 0.0128 e. The van der Waals surface area contributed by atoms with Crippen LogP contribution in [0.5, 0.6) is 0 Å². The van der Waals surface area contributed by atoms with Gasteiger partial charge in [0.25, 0.3) is 0 Å². The summed E-state index contributed by atoms with van der Waals surface area (Å²) in [4.78, 5) is 2.53. The first kappa shape index (κ1) is 14.2. The number of fused-ring (bicyclic) bond motifs is 1. The third-order valence-electron chi connectivity index (χ3n) is 3.44. The van der Waals surface area contributed by atoms with Gasteiger partial charge in [0.05, 0.1) is 0 Å². The Bertz CT molecular complexity index is 732. The van der Waals surface area contributed by atoms with E-state index < -0.39 is 0 Å². The molecule has 0 saturated carbocycles. The number of benzene rings is 3. The molecule has 21 heavy (non-hydrogen) atoms. The van der Waals surface area contributed by atoms with Crippen LogP contribution in [0.4, 0.5) is 0 Å². The molecule has 0 aliphatic rings. The highest BCUT2D eigenvalue weighted by molar-refractivity contribution is 7.99. The molecule has 1 nitrogen and oxygen atoms in total. The fourth-order valence-electron chi connectivity index (χ4n) is 2.43. The molecule has 0 heterocycles. The third-order valence-corrected chi connectivity index (χ3v) is 4.44. The Morgan fingerprint density at radius 3 is 2.24 bits per heavy atom. The largest absolute Gasteiger partial charge is 0.328 e. The fraction of sp³-hybridized carbons (Fsp3) is 0.158. The van der Waals surface area contributed by atoms with Gasteiger partial charge in [0, 0.05) is 15.8 Å². The summed E-state index contributed by atoms with van der Waals surface area (Å²) in [7, 11) is 0. The minimum absolute atomic E-state index is 0.212. The monoisotopic (exact) mass is 293 g/mol. The number of hydrogen-bond donors (Lipinski definition) is 1. The zero-order chi connectivity index (χ0) is 14.7. The van der Waals surface area contributed by atoms with E-state index in [2.05, 4.69) is 66.7 Å². The molecule has 0 amide bonds. The minimum atomic E-state index is 0.212. The lowest BCUT2D eigenvalue weighted by Crippen LogP contribution is -2.17. The minimum Gasteiger partial charge on any atom is -0.328 e. The van der Waals surface area contributed by atoms with E-state index in [1.165, 1.54) is 26.1 Å². The molecule has 1 atom stereocenters. The molecule has 2 heteroatoms. The van der Waals surface area contributed by atoms with E-state index >= 15 is 0 Å². The first-order valence-corrected chi connectivity index (χ1v) is 8.03. The summed E-state index contributed by atoms with van der Waals surface area (Å²) in [6, 6.07) is 24.0. The van der Waals surface area contributed by atoms with Gasteiger partial charge in [-0.15, -0.1) is 0 Å². The van der Waals surface area contributed by atoms with Crippen LogP contribution in [-0.2, 0) is 6.42 Å². The standard InChI is InChI=1S/C19H19NS/c1-14(20)12-15-6-9-18(10-7-15)21-19-11-8-16-4-2-3-5-17(16)13-19/h2-11,13-14H,12,20H2,1H3. The maximum Gasteiger partial charge on any atom is 0.0128 e. The van der Waals surface area contributed by atoms with Crippen LogP contribution in [0.25, 0.3) is 10.8 Å². The summed E-state index contributed by atoms with van der Waals surface area (Å²) in [5.74, 6) is 0. The molecule has 3 aromatic carbocycles. The highest BCUT2D eigenvalue weighted by Crippen LogP contribution is 2.30. The third kappa shape index (κ3) is 3.66. The van der Waals surface area contributed by atoms with Crippen molar-refractivity contribution < 1.29 is 0 Å². The Balaban J connectivity index is 1.78. The molecule has 3 aromatic rings. The number of rotatable bonds is 4. The van der Waals surface area contributed by atoms with Gasteiger partial charge in [-0.1, -0.05) is 54.2 Å². The van der Waals surface area contributed by atoms with E-state index in [4.69, 9.17) is 5.73 Å². The van der Waals surface area contributed by atoms with E-state index in [1.54, 1.807) is 11.8 Å². The summed E-state index contributed by atoms with van der Waals surface area (Å²) in [6.07, 6.45) is 0.931. The van der Waals surface area contributed by atoms with E-state index in [1.807, 2.05) is 6.92 Å². The molecule has 0 radical (unpaired) electrons. The van der Waals surface area contributed by atoms with Gasteiger partial charge in [0.2, 0.25) is 0 Å². The summed E-state index contributed by atoms with van der Waals surface area (Å²) in [5, 5.41) is 2.57. The molecule has 0 aliphatic carbocycles. The molecule has 0 aliphatic heterocycles. The molecule has 0 fully saturated rings. The van der Waals surface area contributed by atoms with Crippen LogP contribution in [-0.4, -0.2) is 6.04 Å². The van der Waals surface area contributed by atoms with Crippen LogP contribution in [0, 0.1) is 0 Å². The fourth-order valence-corrected chi connectivity index (χ4v) is 3.30. The highest BCUT2D eigenvalue weighted by Gasteiger charge is 2.01. The van der Waals surface area contributed by atoms with Gasteiger partial charge in [-0.05, 0) is 53.9 Å². The zero-order valence-electron chi connectivity index (χ0n) is 12.1. The van der Waals surface area contributed by atoms with Crippen LogP contribution in [0.1, 0.15) is 12.5 Å². The van der Waals surface area contributed by atoms with Crippen LogP contribution in [0.3, 0.4) is 0 Å². The number of hydrogen-bond acceptors (Lipinski definition) is 2. The second kappa shape index (κ2) is 6.33. The molecule has 0 aromatic heterocycles. The lowest BCUT2D eigenvalue weighted by molar-refractivity contribution is 0.737. The average molecular weight is 293 g/mol. The van der Waals surface area contributed by atoms with Crippen molar-refractivity contribution in [2.24, 2.45) is 5.73 Å². The Hall–Kier alpha value is -1.77. The van der Waals surface area contributed by atoms with Crippen molar-refractivity contribution in [1.29, 1.82) is 0 Å². The van der Waals surface area contributed by atoms with Gasteiger partial charge in [-0.2, -0.15) is 0 Å². The topological polar surface area (TPSA) is 26.0 Å². The second-order valence-electron chi connectivity index (χ2n) is 5.44. The van der Waals surface area contributed by atoms with Gasteiger partial charge in [0.15, 0.2) is 0 Å². The average Bonchev–Trinajstić information content (AvgIpc) is 2.49. The van der Waals surface area contributed by atoms with Crippen molar-refractivity contribution in [1.82, 2.24) is 0 Å². The first-order chi connectivity index (χ1) is 10.2. The summed E-state index contributed by atoms with van der Waals surface area (Å²) in [6.45, 7) is 2.04. The normalized spacial score (nSPS) is 12.5. The maximum absolute atomic E-state index is 5.83. The SMILES string of the molecule is CC(N)Cc1ccc(Sc2ccc3ccccc3c2)cc1. The lowest BCUT2D eigenvalue weighted by atomic mass is 10.1. The predicted molar refractivity (Wildman–Crippen MR) is 91.9 cm³/mol. The Kier molecular flexibility index (Phi) is 4.28. The Labute approximate surface area is 130 Å². The highest BCUT2D eigenvalue weighted by atomic mass is 32.2. The molecule has 106 valence electrons. The zero-order valence-corrected chi connectivity index (χ0v) is 12.9. The molecule has 0 spiro atoms. The number of nitrogens with two attached hydrogens (primary N) is 1. The van der Waals surface area contributed by atoms with Gasteiger partial charge >= 0.3 is 0 Å². The summed E-state index contributed by atoms with van der Waals surface area (Å²) in [5.41, 5.74) is 7.13. The molecular formula is C19H19NS. The molecule has 2 N–H and O–H groups in total. The molecule has 0 bridgehead atoms. The van der Waals surface area contributed by atoms with Crippen LogP contribution in [0.2, 0.25) is 0 Å². The maximum atomic E-state index is 5.83. The molecule has 1 unspecified atom stereocenters. The molecule has 0 saturated heterocycles. The van der Waals surface area contributed by atoms with Crippen LogP contribution >= 0.6 is 11.8 Å². The summed E-state index contributed by atoms with van der Waals surface area (Å²) < 4.78 is 0. The summed E-state index contributed by atoms with van der Waals surface area (Å²) >= 11 is 1.80. The van der Waals surface area contributed by atoms with Crippen molar-refractivity contribution in [3.05, 3.63) is 72.3 Å². The van der Waals surface area contributed by atoms with Crippen molar-refractivity contribution in [3.63, 3.8) is 0 Å². The van der Waals surface area contributed by atoms with Crippen molar-refractivity contribution in [2.45, 2.75) is 29.2 Å². The van der Waals surface area contributed by atoms with Crippen molar-refractivity contribution in [2.75, 3.05) is 0 Å². The van der Waals surface area contributed by atoms with E-state index in [-0.39, 0.29) is 6.04 Å². The predicted octanol–water partition coefficient (Wildman–Crippen LogP) is 4.88. The van der Waals surface area contributed by atoms with Gasteiger partial charge in [-0.25, -0.2) is 0 Å². The van der Waals surface area contributed by atoms with E-state index in [9.17, 15) is 0 Å². The van der Waals surface area contributed by atoms with E-state index in [0.29, 0.717) is 0 Å².